The highest BCUT2D eigenvalue weighted by Crippen LogP contribution is 2.32. The Balaban J connectivity index is 2.15. The molecule has 0 aliphatic carbocycles. The van der Waals surface area contributed by atoms with Crippen molar-refractivity contribution in [2.45, 2.75) is 0 Å². The van der Waals surface area contributed by atoms with Gasteiger partial charge in [-0.25, -0.2) is 4.98 Å². The standard InChI is InChI=1S/C14H8BrClN2O2/c15-10-6-8(16)2-3-9(10)14-18-11-5-7(13(17)19)1-4-12(11)20-14/h1-6H,(H2,17,19). The van der Waals surface area contributed by atoms with Crippen molar-refractivity contribution < 1.29 is 9.21 Å². The highest BCUT2D eigenvalue weighted by Gasteiger charge is 2.13. The van der Waals surface area contributed by atoms with E-state index in [1.807, 2.05) is 6.07 Å². The summed E-state index contributed by atoms with van der Waals surface area (Å²) in [5, 5.41) is 0.618. The largest absolute Gasteiger partial charge is 0.436 e. The van der Waals surface area contributed by atoms with Crippen LogP contribution >= 0.6 is 27.5 Å². The van der Waals surface area contributed by atoms with Crippen LogP contribution in [0, 0.1) is 0 Å². The monoisotopic (exact) mass is 350 g/mol. The molecule has 0 saturated heterocycles. The molecule has 6 heteroatoms. The molecule has 2 aromatic carbocycles. The van der Waals surface area contributed by atoms with Gasteiger partial charge in [0.2, 0.25) is 11.8 Å². The lowest BCUT2D eigenvalue weighted by Gasteiger charge is -1.99. The third-order valence-corrected chi connectivity index (χ3v) is 3.72. The van der Waals surface area contributed by atoms with Crippen molar-refractivity contribution in [1.29, 1.82) is 0 Å². The fourth-order valence-corrected chi connectivity index (χ4v) is 2.71. The van der Waals surface area contributed by atoms with Crippen molar-refractivity contribution in [3.63, 3.8) is 0 Å². The smallest absolute Gasteiger partial charge is 0.248 e. The molecule has 0 bridgehead atoms. The molecule has 100 valence electrons. The van der Waals surface area contributed by atoms with Gasteiger partial charge in [-0.1, -0.05) is 11.6 Å². The number of nitrogens with two attached hydrogens (primary N) is 1. The number of fused-ring (bicyclic) bond motifs is 1. The lowest BCUT2D eigenvalue weighted by molar-refractivity contribution is 0.100. The SMILES string of the molecule is NC(=O)c1ccc2oc(-c3ccc(Cl)cc3Br)nc2c1. The normalized spacial score (nSPS) is 10.9. The quantitative estimate of drug-likeness (QED) is 0.758. The lowest BCUT2D eigenvalue weighted by Crippen LogP contribution is -2.10. The van der Waals surface area contributed by atoms with Crippen LogP contribution in [0.5, 0.6) is 0 Å². The van der Waals surface area contributed by atoms with Gasteiger partial charge in [-0.3, -0.25) is 4.79 Å². The Bertz CT molecular complexity index is 829. The van der Waals surface area contributed by atoms with Crippen molar-refractivity contribution >= 4 is 44.5 Å². The van der Waals surface area contributed by atoms with Gasteiger partial charge in [-0.2, -0.15) is 0 Å². The first kappa shape index (κ1) is 13.1. The second kappa shape index (κ2) is 4.92. The number of amides is 1. The van der Waals surface area contributed by atoms with E-state index in [4.69, 9.17) is 21.8 Å². The molecule has 3 aromatic rings. The summed E-state index contributed by atoms with van der Waals surface area (Å²) in [5.41, 5.74) is 7.59. The van der Waals surface area contributed by atoms with Gasteiger partial charge in [0.05, 0.1) is 5.56 Å². The highest BCUT2D eigenvalue weighted by atomic mass is 79.9. The van der Waals surface area contributed by atoms with Gasteiger partial charge < -0.3 is 10.2 Å². The summed E-state index contributed by atoms with van der Waals surface area (Å²) in [6, 6.07) is 10.2. The molecule has 2 N–H and O–H groups in total. The molecule has 4 nitrogen and oxygen atoms in total. The maximum Gasteiger partial charge on any atom is 0.248 e. The van der Waals surface area contributed by atoms with Crippen LogP contribution in [-0.2, 0) is 0 Å². The highest BCUT2D eigenvalue weighted by molar-refractivity contribution is 9.10. The maximum absolute atomic E-state index is 11.2. The average molecular weight is 352 g/mol. The van der Waals surface area contributed by atoms with Crippen molar-refractivity contribution in [2.24, 2.45) is 5.73 Å². The van der Waals surface area contributed by atoms with Gasteiger partial charge in [-0.05, 0) is 52.3 Å². The van der Waals surface area contributed by atoms with Crippen LogP contribution in [0.1, 0.15) is 10.4 Å². The number of hydrogen-bond donors (Lipinski definition) is 1. The van der Waals surface area contributed by atoms with E-state index in [0.717, 1.165) is 10.0 Å². The van der Waals surface area contributed by atoms with Crippen LogP contribution in [0.2, 0.25) is 5.02 Å². The fraction of sp³-hybridized carbons (Fsp3) is 0. The van der Waals surface area contributed by atoms with Gasteiger partial charge >= 0.3 is 0 Å². The van der Waals surface area contributed by atoms with Gasteiger partial charge in [0.1, 0.15) is 5.52 Å². The molecule has 1 aromatic heterocycles. The molecule has 0 unspecified atom stereocenters. The molecular formula is C14H8BrClN2O2. The van der Waals surface area contributed by atoms with Crippen molar-refractivity contribution in [1.82, 2.24) is 4.98 Å². The fourth-order valence-electron chi connectivity index (χ4n) is 1.86. The lowest BCUT2D eigenvalue weighted by atomic mass is 10.2. The summed E-state index contributed by atoms with van der Waals surface area (Å²) >= 11 is 9.33. The molecule has 0 spiro atoms. The van der Waals surface area contributed by atoms with Crippen LogP contribution < -0.4 is 5.73 Å². The third-order valence-electron chi connectivity index (χ3n) is 2.83. The van der Waals surface area contributed by atoms with Crippen molar-refractivity contribution in [2.75, 3.05) is 0 Å². The van der Waals surface area contributed by atoms with E-state index in [2.05, 4.69) is 20.9 Å². The summed E-state index contributed by atoms with van der Waals surface area (Å²) in [6.45, 7) is 0. The zero-order valence-electron chi connectivity index (χ0n) is 10.1. The number of benzene rings is 2. The predicted molar refractivity (Wildman–Crippen MR) is 80.7 cm³/mol. The van der Waals surface area contributed by atoms with Crippen molar-refractivity contribution in [3.8, 4) is 11.5 Å². The maximum atomic E-state index is 11.2. The minimum Gasteiger partial charge on any atom is -0.436 e. The summed E-state index contributed by atoms with van der Waals surface area (Å²) in [6.07, 6.45) is 0. The van der Waals surface area contributed by atoms with Gasteiger partial charge in [0.25, 0.3) is 0 Å². The minimum atomic E-state index is -0.496. The Morgan fingerprint density at radius 1 is 1.25 bits per heavy atom. The van der Waals surface area contributed by atoms with E-state index in [1.165, 1.54) is 0 Å². The third kappa shape index (κ3) is 2.30. The zero-order valence-corrected chi connectivity index (χ0v) is 12.4. The Hall–Kier alpha value is -1.85. The predicted octanol–water partition coefficient (Wildman–Crippen LogP) is 4.01. The summed E-state index contributed by atoms with van der Waals surface area (Å²) in [7, 11) is 0. The van der Waals surface area contributed by atoms with Crippen LogP contribution in [0.3, 0.4) is 0 Å². The Labute approximate surface area is 127 Å². The zero-order chi connectivity index (χ0) is 14.3. The van der Waals surface area contributed by atoms with Crippen molar-refractivity contribution in [3.05, 3.63) is 51.5 Å². The van der Waals surface area contributed by atoms with E-state index in [0.29, 0.717) is 27.6 Å². The summed E-state index contributed by atoms with van der Waals surface area (Å²) in [5.74, 6) is -0.0470. The van der Waals surface area contributed by atoms with E-state index < -0.39 is 5.91 Å². The van der Waals surface area contributed by atoms with Gasteiger partial charge in [0.15, 0.2) is 5.58 Å². The summed E-state index contributed by atoms with van der Waals surface area (Å²) < 4.78 is 6.46. The molecule has 1 heterocycles. The Morgan fingerprint density at radius 2 is 2.05 bits per heavy atom. The van der Waals surface area contributed by atoms with Gasteiger partial charge in [0, 0.05) is 15.1 Å². The van der Waals surface area contributed by atoms with E-state index in [-0.39, 0.29) is 0 Å². The van der Waals surface area contributed by atoms with Crippen LogP contribution in [-0.4, -0.2) is 10.9 Å². The molecule has 0 radical (unpaired) electrons. The number of oxazole rings is 1. The molecule has 0 fully saturated rings. The molecule has 0 saturated carbocycles. The first-order chi connectivity index (χ1) is 9.54. The molecular weight excluding hydrogens is 344 g/mol. The number of aromatic nitrogens is 1. The van der Waals surface area contributed by atoms with E-state index in [1.54, 1.807) is 30.3 Å². The number of carbonyl (C=O) groups excluding carboxylic acids is 1. The number of primary amides is 1. The number of halogens is 2. The number of carbonyl (C=O) groups is 1. The van der Waals surface area contributed by atoms with Crippen LogP contribution in [0.15, 0.2) is 45.3 Å². The Morgan fingerprint density at radius 3 is 2.75 bits per heavy atom. The summed E-state index contributed by atoms with van der Waals surface area (Å²) in [4.78, 5) is 15.5. The Kier molecular flexibility index (Phi) is 3.23. The minimum absolute atomic E-state index is 0.396. The number of rotatable bonds is 2. The van der Waals surface area contributed by atoms with E-state index in [9.17, 15) is 4.79 Å². The second-order valence-corrected chi connectivity index (χ2v) is 5.48. The molecule has 3 rings (SSSR count). The molecule has 0 atom stereocenters. The first-order valence-electron chi connectivity index (χ1n) is 5.70. The van der Waals surface area contributed by atoms with Crippen LogP contribution in [0.4, 0.5) is 0 Å². The molecule has 20 heavy (non-hydrogen) atoms. The topological polar surface area (TPSA) is 69.1 Å². The second-order valence-electron chi connectivity index (χ2n) is 4.19. The number of nitrogens with zero attached hydrogens (tertiary/aromatic N) is 1. The van der Waals surface area contributed by atoms with Gasteiger partial charge in [-0.15, -0.1) is 0 Å². The first-order valence-corrected chi connectivity index (χ1v) is 6.87. The van der Waals surface area contributed by atoms with E-state index >= 15 is 0 Å². The number of hydrogen-bond acceptors (Lipinski definition) is 3. The molecule has 1 amide bonds. The molecule has 0 aliphatic heterocycles. The molecule has 0 aliphatic rings. The van der Waals surface area contributed by atoms with Crippen LogP contribution in [0.25, 0.3) is 22.6 Å². The average Bonchev–Trinajstić information content (AvgIpc) is 2.80.